The number of fused-ring (bicyclic) bond motifs is 8. The van der Waals surface area contributed by atoms with Gasteiger partial charge >= 0.3 is 21.1 Å². The maximum absolute atomic E-state index is 6.31. The largest absolute Gasteiger partial charge is 2.00 e. The number of benzene rings is 4. The number of hydrogen-bond acceptors (Lipinski definition) is 3. The molecule has 0 fully saturated rings. The molecule has 4 aromatic carbocycles. The Morgan fingerprint density at radius 2 is 1.51 bits per heavy atom. The number of nitrogens with zero attached hydrogens (tertiary/aromatic N) is 3. The Bertz CT molecular complexity index is 2000. The summed E-state index contributed by atoms with van der Waals surface area (Å²) in [7, 11) is 0. The molecule has 3 aromatic heterocycles. The van der Waals surface area contributed by atoms with Crippen molar-refractivity contribution in [3.05, 3.63) is 115 Å². The van der Waals surface area contributed by atoms with Crippen LogP contribution in [0.4, 0.5) is 0 Å². The number of rotatable bonds is 3. The first-order chi connectivity index (χ1) is 18.5. The Morgan fingerprint density at radius 3 is 2.36 bits per heavy atom. The zero-order valence-electron chi connectivity index (χ0n) is 21.8. The zero-order chi connectivity index (χ0) is 25.9. The van der Waals surface area contributed by atoms with Crippen LogP contribution in [0.15, 0.2) is 97.2 Å². The molecule has 5 heteroatoms. The molecular weight excluding hydrogens is 661 g/mol. The van der Waals surface area contributed by atoms with Crippen molar-refractivity contribution < 1.29 is 25.8 Å². The molecule has 0 amide bonds. The first-order valence-corrected chi connectivity index (χ1v) is 12.8. The first kappa shape index (κ1) is 25.3. The Kier molecular flexibility index (Phi) is 6.24. The van der Waals surface area contributed by atoms with Crippen LogP contribution in [0.5, 0.6) is 11.5 Å². The van der Waals surface area contributed by atoms with Gasteiger partial charge in [-0.3, -0.25) is 4.98 Å². The van der Waals surface area contributed by atoms with Crippen LogP contribution in [0.2, 0.25) is 0 Å². The average Bonchev–Trinajstić information content (AvgIpc) is 3.33. The normalized spacial score (nSPS) is 11.8. The zero-order valence-corrected chi connectivity index (χ0v) is 24.1. The SMILES string of the molecule is CC(C)(C)c1ccnc(-c2[c-]c(Oc3[c-]c4c(cc3)c3ccccc3n3c5ccccc5nc43)ccc2)c1.[Pt+2]. The molecule has 0 spiro atoms. The van der Waals surface area contributed by atoms with E-state index in [2.05, 4.69) is 90.8 Å². The van der Waals surface area contributed by atoms with Gasteiger partial charge in [0.15, 0.2) is 0 Å². The molecule has 7 aromatic rings. The maximum atomic E-state index is 6.31. The molecule has 0 radical (unpaired) electrons. The molecule has 4 nitrogen and oxygen atoms in total. The van der Waals surface area contributed by atoms with E-state index in [1.165, 1.54) is 5.56 Å². The van der Waals surface area contributed by atoms with Crippen molar-refractivity contribution >= 4 is 38.4 Å². The van der Waals surface area contributed by atoms with E-state index < -0.39 is 0 Å². The number of ether oxygens (including phenoxy) is 1. The van der Waals surface area contributed by atoms with Crippen molar-refractivity contribution in [1.82, 2.24) is 14.4 Å². The monoisotopic (exact) mass is 686 g/mol. The Morgan fingerprint density at radius 1 is 0.744 bits per heavy atom. The van der Waals surface area contributed by atoms with Gasteiger partial charge in [0, 0.05) is 23.2 Å². The van der Waals surface area contributed by atoms with Crippen LogP contribution in [0, 0.1) is 12.1 Å². The number of imidazole rings is 1. The molecule has 7 rings (SSSR count). The molecule has 192 valence electrons. The molecular formula is C34H25N3OPt. The number of hydrogen-bond donors (Lipinski definition) is 0. The summed E-state index contributed by atoms with van der Waals surface area (Å²) in [6, 6.07) is 37.7. The van der Waals surface area contributed by atoms with Gasteiger partial charge < -0.3 is 14.1 Å². The molecule has 0 bridgehead atoms. The molecule has 3 heterocycles. The molecule has 0 saturated carbocycles. The average molecular weight is 687 g/mol. The van der Waals surface area contributed by atoms with E-state index in [1.54, 1.807) is 0 Å². The van der Waals surface area contributed by atoms with Gasteiger partial charge in [-0.25, -0.2) is 0 Å². The Balaban J connectivity index is 0.00000277. The summed E-state index contributed by atoms with van der Waals surface area (Å²) in [5.41, 5.74) is 7.06. The van der Waals surface area contributed by atoms with Gasteiger partial charge in [-0.05, 0) is 46.3 Å². The second-order valence-corrected chi connectivity index (χ2v) is 10.6. The quantitative estimate of drug-likeness (QED) is 0.138. The van der Waals surface area contributed by atoms with Crippen LogP contribution < -0.4 is 4.74 Å². The summed E-state index contributed by atoms with van der Waals surface area (Å²) in [5, 5.41) is 3.17. The summed E-state index contributed by atoms with van der Waals surface area (Å²) in [4.78, 5) is 9.57. The van der Waals surface area contributed by atoms with Crippen molar-refractivity contribution in [2.24, 2.45) is 0 Å². The van der Waals surface area contributed by atoms with Crippen molar-refractivity contribution in [1.29, 1.82) is 0 Å². The minimum Gasteiger partial charge on any atom is -0.497 e. The van der Waals surface area contributed by atoms with E-state index in [1.807, 2.05) is 48.7 Å². The molecule has 0 aliphatic rings. The second-order valence-electron chi connectivity index (χ2n) is 10.6. The van der Waals surface area contributed by atoms with E-state index in [-0.39, 0.29) is 26.5 Å². The van der Waals surface area contributed by atoms with Gasteiger partial charge in [0.05, 0.1) is 16.7 Å². The molecule has 0 aliphatic heterocycles. The van der Waals surface area contributed by atoms with E-state index >= 15 is 0 Å². The number of para-hydroxylation sites is 3. The van der Waals surface area contributed by atoms with Crippen LogP contribution in [0.3, 0.4) is 0 Å². The molecule has 0 atom stereocenters. The third kappa shape index (κ3) is 4.39. The van der Waals surface area contributed by atoms with Crippen molar-refractivity contribution in [2.75, 3.05) is 0 Å². The number of aromatic nitrogens is 3. The van der Waals surface area contributed by atoms with E-state index in [0.717, 1.165) is 49.6 Å². The van der Waals surface area contributed by atoms with Crippen LogP contribution in [0.1, 0.15) is 26.3 Å². The summed E-state index contributed by atoms with van der Waals surface area (Å²) < 4.78 is 8.52. The van der Waals surface area contributed by atoms with Gasteiger partial charge in [0.25, 0.3) is 0 Å². The first-order valence-electron chi connectivity index (χ1n) is 12.8. The molecule has 0 N–H and O–H groups in total. The summed E-state index contributed by atoms with van der Waals surface area (Å²) in [6.45, 7) is 6.61. The molecule has 0 unspecified atom stereocenters. The topological polar surface area (TPSA) is 39.4 Å². The molecule has 39 heavy (non-hydrogen) atoms. The van der Waals surface area contributed by atoms with Gasteiger partial charge in [-0.15, -0.1) is 29.8 Å². The summed E-state index contributed by atoms with van der Waals surface area (Å²) >= 11 is 0. The van der Waals surface area contributed by atoms with Crippen LogP contribution in [0.25, 0.3) is 49.6 Å². The van der Waals surface area contributed by atoms with Gasteiger partial charge in [0.1, 0.15) is 0 Å². The van der Waals surface area contributed by atoms with Gasteiger partial charge in [0.2, 0.25) is 0 Å². The number of pyridine rings is 2. The fourth-order valence-electron chi connectivity index (χ4n) is 5.09. The smallest absolute Gasteiger partial charge is 0.497 e. The van der Waals surface area contributed by atoms with Gasteiger partial charge in [-0.1, -0.05) is 86.1 Å². The van der Waals surface area contributed by atoms with E-state index in [0.29, 0.717) is 11.5 Å². The summed E-state index contributed by atoms with van der Waals surface area (Å²) in [5.74, 6) is 1.23. The van der Waals surface area contributed by atoms with Crippen molar-refractivity contribution in [2.45, 2.75) is 26.2 Å². The third-order valence-electron chi connectivity index (χ3n) is 7.03. The van der Waals surface area contributed by atoms with Crippen molar-refractivity contribution in [3.8, 4) is 22.8 Å². The van der Waals surface area contributed by atoms with Crippen LogP contribution in [-0.4, -0.2) is 14.4 Å². The summed E-state index contributed by atoms with van der Waals surface area (Å²) in [6.07, 6.45) is 1.86. The standard InChI is InChI=1S/C34H25N3O.Pt/c1-34(2,3)23-17-18-35-30(20-23)22-9-8-10-24(19-22)38-25-15-16-26-27-11-4-6-13-31(27)37-32-14-7-5-12-29(32)36-33(37)28(26)21-25;/h4-18,20H,1-3H3;/q-2;+2. The molecule has 0 aliphatic carbocycles. The van der Waals surface area contributed by atoms with Gasteiger partial charge in [-0.2, -0.15) is 0 Å². The second kappa shape index (κ2) is 9.63. The fourth-order valence-corrected chi connectivity index (χ4v) is 5.09. The minimum atomic E-state index is 0. The van der Waals surface area contributed by atoms with Crippen molar-refractivity contribution in [3.63, 3.8) is 0 Å². The predicted octanol–water partition coefficient (Wildman–Crippen LogP) is 8.54. The maximum Gasteiger partial charge on any atom is 2.00 e. The van der Waals surface area contributed by atoms with E-state index in [9.17, 15) is 0 Å². The predicted molar refractivity (Wildman–Crippen MR) is 154 cm³/mol. The van der Waals surface area contributed by atoms with Crippen LogP contribution in [-0.2, 0) is 26.5 Å². The fraction of sp³-hybridized carbons (Fsp3) is 0.118. The third-order valence-corrected chi connectivity index (χ3v) is 7.03. The van der Waals surface area contributed by atoms with E-state index in [4.69, 9.17) is 9.72 Å². The molecule has 0 saturated heterocycles. The Hall–Kier alpha value is -4.01. The van der Waals surface area contributed by atoms with Crippen LogP contribution >= 0.6 is 0 Å². The minimum absolute atomic E-state index is 0. The Labute approximate surface area is 241 Å².